The predicted molar refractivity (Wildman–Crippen MR) is 353 cm³/mol. The lowest BCUT2D eigenvalue weighted by molar-refractivity contribution is -0.151. The van der Waals surface area contributed by atoms with Gasteiger partial charge in [0.25, 0.3) is 0 Å². The molecule has 10 aliphatic rings. The molecule has 510 valence electrons. The van der Waals surface area contributed by atoms with Crippen LogP contribution in [0.5, 0.6) is 46.0 Å². The number of nitriles is 2. The Morgan fingerprint density at radius 2 is 1.05 bits per heavy atom. The Balaban J connectivity index is 0.000000176. The number of nitrogens with one attached hydrogen (secondary N) is 1. The molecule has 4 fully saturated rings. The van der Waals surface area contributed by atoms with Crippen molar-refractivity contribution in [1.29, 1.82) is 10.5 Å². The van der Waals surface area contributed by atoms with E-state index < -0.39 is 87.9 Å². The molecule has 14 atom stereocenters. The molecule has 4 aromatic rings. The van der Waals surface area contributed by atoms with Crippen LogP contribution in [0.3, 0.4) is 0 Å². The van der Waals surface area contributed by atoms with Gasteiger partial charge in [-0.25, -0.2) is 9.59 Å². The zero-order valence-electron chi connectivity index (χ0n) is 54.8. The number of carbonyl (C=O) groups excluding carboxylic acids is 5. The second-order valence-corrected chi connectivity index (χ2v) is 30.7. The number of amides is 1. The van der Waals surface area contributed by atoms with Crippen molar-refractivity contribution in [2.75, 3.05) is 73.2 Å². The van der Waals surface area contributed by atoms with Crippen molar-refractivity contribution < 1.29 is 76.1 Å². The normalized spacial score (nSPS) is 28.9. The van der Waals surface area contributed by atoms with Crippen molar-refractivity contribution in [3.05, 3.63) is 90.0 Å². The van der Waals surface area contributed by atoms with E-state index in [0.29, 0.717) is 69.6 Å². The molecule has 0 radical (unpaired) electrons. The molecular weight excluding hydrogens is 1340 g/mol. The molecule has 24 nitrogen and oxygen atoms in total. The molecule has 0 spiro atoms. The average Bonchev–Trinajstić information content (AvgIpc) is 0.859. The van der Waals surface area contributed by atoms with Crippen LogP contribution in [-0.4, -0.2) is 175 Å². The number of hydrogen-bond donors (Lipinski definition) is 2. The van der Waals surface area contributed by atoms with Gasteiger partial charge in [0.2, 0.25) is 17.4 Å². The third kappa shape index (κ3) is 10.9. The minimum absolute atomic E-state index is 0.00609. The molecule has 4 aromatic carbocycles. The number of hydrogen-bond acceptors (Lipinski definition) is 25. The SMILES string of the molecule is COc1c(C)cc2c(c1C)[C@@H]1C3[C@@H]4SCC(N)C(=O)OC[C@@H](c5c6c(c(C)c(OC(C)=O)c54)OCO6)N3[C@@H](C#N)[C@H](C2)N1C.COc1c(C)cc2c(c1C)[C@@H]1C3[C@@H]4SCC(NC(=O)OCC(Cl)(Cl)Cl)C(=O)OC[C@@H](c5c6c(c(C)c(OC(C)=O)c54)OCO6)N3[C@@H](C#N)[C@H](C2)N1C. The number of nitrogens with zero attached hydrogens (tertiary/aromatic N) is 6. The number of halogens is 3. The molecule has 96 heavy (non-hydrogen) atoms. The highest BCUT2D eigenvalue weighted by molar-refractivity contribution is 7.99. The summed E-state index contributed by atoms with van der Waals surface area (Å²) in [5.74, 6) is 2.36. The number of methoxy groups -OCH3 is 2. The summed E-state index contributed by atoms with van der Waals surface area (Å²) in [4.78, 5) is 73.9. The quantitative estimate of drug-likeness (QED) is 0.0792. The van der Waals surface area contributed by atoms with Gasteiger partial charge < -0.3 is 63.2 Å². The summed E-state index contributed by atoms with van der Waals surface area (Å²) in [6.45, 7) is 13.7. The number of carbonyl (C=O) groups is 5. The number of thioether (sulfide) groups is 2. The van der Waals surface area contributed by atoms with Crippen molar-refractivity contribution in [2.45, 2.75) is 155 Å². The van der Waals surface area contributed by atoms with Crippen LogP contribution in [-0.2, 0) is 46.2 Å². The van der Waals surface area contributed by atoms with Crippen LogP contribution in [0.25, 0.3) is 0 Å². The Morgan fingerprint density at radius 3 is 1.47 bits per heavy atom. The average molecular weight is 1420 g/mol. The highest BCUT2D eigenvalue weighted by atomic mass is 35.6. The van der Waals surface area contributed by atoms with E-state index in [4.69, 9.17) is 92.6 Å². The highest BCUT2D eigenvalue weighted by Gasteiger charge is 2.63. The monoisotopic (exact) mass is 1410 g/mol. The van der Waals surface area contributed by atoms with Crippen LogP contribution in [0.2, 0.25) is 0 Å². The number of esters is 4. The maximum atomic E-state index is 13.7. The summed E-state index contributed by atoms with van der Waals surface area (Å²) >= 11 is 20.2. The first-order chi connectivity index (χ1) is 45.7. The predicted octanol–water partition coefficient (Wildman–Crippen LogP) is 8.46. The Kier molecular flexibility index (Phi) is 18.2. The standard InChI is InChI=1S/C35H37Cl3N4O9S.C32H36N4O7S/c1-14-7-18-8-20-21(9-39)42-22-10-47-33(44)19(40-34(45)48-12-35(36,37)38)11-52-32(27(42)26(41(20)5)23(18)15(2)28(14)46-6)25-24(22)31-30(49-13-50-31)16(3)29(25)51-17(4)43;1-13-7-17-8-19-20(9-33)36-21-10-40-32(38)18(34)11-44-31(26(36)25(35(19)5)22(17)14(2)27(13)39-6)24-23(21)30-29(41-12-42-30)15(3)28(24)43-16(4)37/h7,19-22,26-27,32H,8,10-13H2,1-6H3,(H,40,45);7,18-21,25-26,31H,8,10-12,34H2,1-6H3/t19?,20-,21-,22-,26+,27?,32+;18?,19-,20-,21-,25+,26?,31+/m00/s1. The molecule has 14 rings (SSSR count). The molecule has 4 saturated heterocycles. The van der Waals surface area contributed by atoms with Gasteiger partial charge in [0, 0.05) is 82.9 Å². The van der Waals surface area contributed by atoms with Crippen molar-refractivity contribution >= 4 is 88.3 Å². The van der Waals surface area contributed by atoms with E-state index in [2.05, 4.69) is 77.0 Å². The fourth-order valence-corrected chi connectivity index (χ4v) is 20.2. The smallest absolute Gasteiger partial charge is 0.408 e. The van der Waals surface area contributed by atoms with Gasteiger partial charge in [-0.15, -0.1) is 23.5 Å². The number of benzene rings is 4. The zero-order valence-corrected chi connectivity index (χ0v) is 58.7. The molecule has 3 N–H and O–H groups in total. The number of alkyl carbamates (subject to hydrolysis) is 1. The number of ether oxygens (including phenoxy) is 11. The molecule has 0 aliphatic carbocycles. The minimum atomic E-state index is -1.86. The number of aryl methyl sites for hydroxylation is 2. The number of rotatable bonds is 6. The van der Waals surface area contributed by atoms with E-state index in [9.17, 15) is 34.5 Å². The van der Waals surface area contributed by atoms with Crippen LogP contribution in [0.4, 0.5) is 4.79 Å². The molecule has 10 aliphatic heterocycles. The number of alkyl halides is 3. The third-order valence-electron chi connectivity index (χ3n) is 20.6. The summed E-state index contributed by atoms with van der Waals surface area (Å²) in [6.07, 6.45) is 0.322. The molecular formula is C67H73Cl3N8O16S2. The maximum absolute atomic E-state index is 13.7. The van der Waals surface area contributed by atoms with Crippen molar-refractivity contribution in [3.63, 3.8) is 0 Å². The van der Waals surface area contributed by atoms with Crippen molar-refractivity contribution in [1.82, 2.24) is 24.9 Å². The summed E-state index contributed by atoms with van der Waals surface area (Å²) < 4.78 is 63.1. The van der Waals surface area contributed by atoms with Crippen LogP contribution >= 0.6 is 58.3 Å². The second-order valence-electron chi connectivity index (χ2n) is 25.8. The summed E-state index contributed by atoms with van der Waals surface area (Å²) in [7, 11) is 7.48. The number of piperazine rings is 2. The lowest BCUT2D eigenvalue weighted by atomic mass is 9.70. The Morgan fingerprint density at radius 1 is 0.625 bits per heavy atom. The highest BCUT2D eigenvalue weighted by Crippen LogP contribution is 2.66. The fraction of sp³-hybridized carbons (Fsp3) is 0.537. The van der Waals surface area contributed by atoms with Gasteiger partial charge in [-0.1, -0.05) is 46.9 Å². The fourth-order valence-electron chi connectivity index (χ4n) is 17.1. The summed E-state index contributed by atoms with van der Waals surface area (Å²) in [5.41, 5.74) is 19.2. The van der Waals surface area contributed by atoms with E-state index >= 15 is 0 Å². The molecule has 0 saturated carbocycles. The van der Waals surface area contributed by atoms with Gasteiger partial charge in [0.1, 0.15) is 67.0 Å². The van der Waals surface area contributed by atoms with E-state index in [-0.39, 0.29) is 73.8 Å². The van der Waals surface area contributed by atoms with Gasteiger partial charge in [-0.3, -0.25) is 34.0 Å². The van der Waals surface area contributed by atoms with E-state index in [0.717, 1.165) is 56.0 Å². The number of cyclic esters (lactones) is 2. The maximum Gasteiger partial charge on any atom is 0.408 e. The minimum Gasteiger partial charge on any atom is -0.496 e. The first kappa shape index (κ1) is 67.7. The second kappa shape index (κ2) is 25.8. The Hall–Kier alpha value is -6.82. The first-order valence-electron chi connectivity index (χ1n) is 31.5. The largest absolute Gasteiger partial charge is 0.496 e. The van der Waals surface area contributed by atoms with Crippen LogP contribution in [0.1, 0.15) is 126 Å². The van der Waals surface area contributed by atoms with Crippen LogP contribution < -0.4 is 48.9 Å². The van der Waals surface area contributed by atoms with Crippen LogP contribution in [0.15, 0.2) is 12.1 Å². The van der Waals surface area contributed by atoms with Crippen LogP contribution in [0, 0.1) is 64.2 Å². The number of nitrogens with two attached hydrogens (primary N) is 1. The van der Waals surface area contributed by atoms with Gasteiger partial charge >= 0.3 is 30.0 Å². The van der Waals surface area contributed by atoms with Gasteiger partial charge in [-0.2, -0.15) is 10.5 Å². The molecule has 8 bridgehead atoms. The Bertz CT molecular complexity index is 4050. The molecule has 29 heteroatoms. The molecule has 4 unspecified atom stereocenters. The van der Waals surface area contributed by atoms with E-state index in [1.807, 2.05) is 20.9 Å². The number of fused-ring (bicyclic) bond motifs is 18. The third-order valence-corrected chi connectivity index (χ3v) is 23.7. The first-order valence-corrected chi connectivity index (χ1v) is 34.7. The number of likely N-dealkylation sites (N-methyl/N-ethyl adjacent to an activating group) is 2. The lowest BCUT2D eigenvalue weighted by Crippen LogP contribution is -2.69. The topological polar surface area (TPSA) is 285 Å². The summed E-state index contributed by atoms with van der Waals surface area (Å²) in [6, 6.07) is 3.58. The van der Waals surface area contributed by atoms with Gasteiger partial charge in [-0.05, 0) is 113 Å². The van der Waals surface area contributed by atoms with Crippen molar-refractivity contribution in [2.24, 2.45) is 5.73 Å². The Labute approximate surface area is 578 Å². The van der Waals surface area contributed by atoms with E-state index in [1.54, 1.807) is 21.1 Å². The van der Waals surface area contributed by atoms with Crippen molar-refractivity contribution in [3.8, 4) is 58.1 Å². The summed E-state index contributed by atoms with van der Waals surface area (Å²) in [5, 5.41) is 23.5. The van der Waals surface area contributed by atoms with E-state index in [1.165, 1.54) is 48.5 Å². The molecule has 0 aromatic heterocycles. The van der Waals surface area contributed by atoms with Gasteiger partial charge in [0.05, 0.1) is 61.0 Å². The lowest BCUT2D eigenvalue weighted by Gasteiger charge is -2.62. The molecule has 1 amide bonds. The molecule has 10 heterocycles. The zero-order chi connectivity index (χ0) is 68.6. The van der Waals surface area contributed by atoms with Gasteiger partial charge in [0.15, 0.2) is 23.0 Å².